The second-order valence-corrected chi connectivity index (χ2v) is 9.61. The van der Waals surface area contributed by atoms with E-state index in [0.717, 1.165) is 34.9 Å². The van der Waals surface area contributed by atoms with Crippen molar-refractivity contribution in [3.63, 3.8) is 0 Å². The SMILES string of the molecule is CCC/C=C/c1c(OCC(O)CN2CCS(=O)(=O)CC2)ccc2ccccc12. The molecule has 28 heavy (non-hydrogen) atoms. The Morgan fingerprint density at radius 2 is 1.93 bits per heavy atom. The first-order valence-electron chi connectivity index (χ1n) is 9.90. The van der Waals surface area contributed by atoms with E-state index in [9.17, 15) is 13.5 Å². The summed E-state index contributed by atoms with van der Waals surface area (Å²) < 4.78 is 29.0. The van der Waals surface area contributed by atoms with E-state index in [1.165, 1.54) is 0 Å². The fourth-order valence-corrected chi connectivity index (χ4v) is 4.69. The standard InChI is InChI=1S/C22H29NO4S/c1-2-3-4-9-21-20-8-6-5-7-18(20)10-11-22(21)27-17-19(24)16-23-12-14-28(25,26)15-13-23/h4-11,19,24H,2-3,12-17H2,1H3/b9-4+. The molecular formula is C22H29NO4S. The summed E-state index contributed by atoms with van der Waals surface area (Å²) in [6.07, 6.45) is 5.67. The third-order valence-electron chi connectivity index (χ3n) is 5.01. The van der Waals surface area contributed by atoms with Gasteiger partial charge in [0.05, 0.1) is 11.5 Å². The minimum atomic E-state index is -2.91. The number of unbranched alkanes of at least 4 members (excludes halogenated alkanes) is 1. The van der Waals surface area contributed by atoms with Crippen molar-refractivity contribution < 1.29 is 18.3 Å². The Balaban J connectivity index is 1.67. The Morgan fingerprint density at radius 1 is 1.18 bits per heavy atom. The molecule has 2 aromatic rings. The number of β-amino-alcohol motifs (C(OH)–C–C–N with tert-alkyl or cyclic N) is 1. The molecular weight excluding hydrogens is 374 g/mol. The lowest BCUT2D eigenvalue weighted by atomic mass is 10.0. The zero-order valence-corrected chi connectivity index (χ0v) is 17.2. The first kappa shape index (κ1) is 20.8. The molecule has 1 aliphatic rings. The van der Waals surface area contributed by atoms with Gasteiger partial charge < -0.3 is 9.84 Å². The van der Waals surface area contributed by atoms with Crippen LogP contribution in [-0.4, -0.2) is 62.3 Å². The van der Waals surface area contributed by atoms with Gasteiger partial charge in [0.2, 0.25) is 0 Å². The maximum atomic E-state index is 11.5. The van der Waals surface area contributed by atoms with Gasteiger partial charge in [-0.1, -0.05) is 55.8 Å². The molecule has 5 nitrogen and oxygen atoms in total. The molecule has 1 aliphatic heterocycles. The molecule has 2 aromatic carbocycles. The summed E-state index contributed by atoms with van der Waals surface area (Å²) in [7, 11) is -2.91. The van der Waals surface area contributed by atoms with Crippen LogP contribution in [-0.2, 0) is 9.84 Å². The van der Waals surface area contributed by atoms with Gasteiger partial charge in [-0.3, -0.25) is 4.90 Å². The average molecular weight is 404 g/mol. The zero-order chi connectivity index (χ0) is 20.0. The third-order valence-corrected chi connectivity index (χ3v) is 6.62. The van der Waals surface area contributed by atoms with E-state index in [4.69, 9.17) is 4.74 Å². The molecule has 1 unspecified atom stereocenters. The van der Waals surface area contributed by atoms with Crippen molar-refractivity contribution in [3.8, 4) is 5.75 Å². The number of allylic oxidation sites excluding steroid dienone is 1. The highest BCUT2D eigenvalue weighted by molar-refractivity contribution is 7.91. The summed E-state index contributed by atoms with van der Waals surface area (Å²) in [6.45, 7) is 3.69. The first-order valence-corrected chi connectivity index (χ1v) is 11.7. The summed E-state index contributed by atoms with van der Waals surface area (Å²) in [5, 5.41) is 12.7. The Bertz CT molecular complexity index is 909. The zero-order valence-electron chi connectivity index (χ0n) is 16.4. The quantitative estimate of drug-likeness (QED) is 0.734. The van der Waals surface area contributed by atoms with Gasteiger partial charge in [0, 0.05) is 25.2 Å². The first-order chi connectivity index (χ1) is 13.5. The van der Waals surface area contributed by atoms with Crippen molar-refractivity contribution in [2.75, 3.05) is 37.7 Å². The molecule has 0 aromatic heterocycles. The molecule has 152 valence electrons. The number of ether oxygens (including phenoxy) is 1. The van der Waals surface area contributed by atoms with E-state index in [0.29, 0.717) is 19.6 Å². The minimum Gasteiger partial charge on any atom is -0.490 e. The van der Waals surface area contributed by atoms with Crippen LogP contribution < -0.4 is 4.74 Å². The summed E-state index contributed by atoms with van der Waals surface area (Å²) in [4.78, 5) is 1.98. The van der Waals surface area contributed by atoms with Gasteiger partial charge in [-0.15, -0.1) is 0 Å². The van der Waals surface area contributed by atoms with Crippen molar-refractivity contribution in [1.82, 2.24) is 4.90 Å². The molecule has 0 radical (unpaired) electrons. The molecule has 6 heteroatoms. The van der Waals surface area contributed by atoms with Gasteiger partial charge in [-0.25, -0.2) is 8.42 Å². The molecule has 1 fully saturated rings. The Labute approximate surface area is 167 Å². The van der Waals surface area contributed by atoms with Crippen molar-refractivity contribution in [1.29, 1.82) is 0 Å². The van der Waals surface area contributed by atoms with Gasteiger partial charge in [-0.2, -0.15) is 0 Å². The number of hydrogen-bond donors (Lipinski definition) is 1. The Morgan fingerprint density at radius 3 is 2.68 bits per heavy atom. The molecule has 1 atom stereocenters. The molecule has 3 rings (SSSR count). The van der Waals surface area contributed by atoms with Gasteiger partial charge in [0.25, 0.3) is 0 Å². The highest BCUT2D eigenvalue weighted by Gasteiger charge is 2.23. The van der Waals surface area contributed by atoms with Crippen LogP contribution in [0.4, 0.5) is 0 Å². The van der Waals surface area contributed by atoms with Crippen LogP contribution in [0.25, 0.3) is 16.8 Å². The van der Waals surface area contributed by atoms with E-state index in [1.807, 2.05) is 29.2 Å². The summed E-state index contributed by atoms with van der Waals surface area (Å²) in [5.41, 5.74) is 1.03. The number of fused-ring (bicyclic) bond motifs is 1. The smallest absolute Gasteiger partial charge is 0.152 e. The molecule has 0 aliphatic carbocycles. The predicted octanol–water partition coefficient (Wildman–Crippen LogP) is 3.12. The van der Waals surface area contributed by atoms with Crippen LogP contribution in [0.2, 0.25) is 0 Å². The number of benzene rings is 2. The summed E-state index contributed by atoms with van der Waals surface area (Å²) in [5.74, 6) is 1.08. The van der Waals surface area contributed by atoms with E-state index in [-0.39, 0.29) is 18.1 Å². The third kappa shape index (κ3) is 5.56. The molecule has 1 heterocycles. The molecule has 1 saturated heterocycles. The molecule has 0 amide bonds. The maximum absolute atomic E-state index is 11.5. The van der Waals surface area contributed by atoms with Crippen LogP contribution in [0.3, 0.4) is 0 Å². The van der Waals surface area contributed by atoms with Crippen LogP contribution >= 0.6 is 0 Å². The molecule has 0 saturated carbocycles. The van der Waals surface area contributed by atoms with E-state index < -0.39 is 15.9 Å². The Hall–Kier alpha value is -1.89. The molecule has 0 spiro atoms. The van der Waals surface area contributed by atoms with Gasteiger partial charge in [-0.05, 0) is 23.3 Å². The summed E-state index contributed by atoms with van der Waals surface area (Å²) >= 11 is 0. The minimum absolute atomic E-state index is 0.164. The fourth-order valence-electron chi connectivity index (χ4n) is 3.41. The lowest BCUT2D eigenvalue weighted by Crippen LogP contribution is -2.44. The number of hydrogen-bond acceptors (Lipinski definition) is 5. The largest absolute Gasteiger partial charge is 0.490 e. The molecule has 1 N–H and O–H groups in total. The number of aliphatic hydroxyl groups is 1. The van der Waals surface area contributed by atoms with Gasteiger partial charge >= 0.3 is 0 Å². The number of nitrogens with zero attached hydrogens (tertiary/aromatic N) is 1. The number of sulfone groups is 1. The second kappa shape index (κ2) is 9.54. The van der Waals surface area contributed by atoms with Gasteiger partial charge in [0.15, 0.2) is 9.84 Å². The summed E-state index contributed by atoms with van der Waals surface area (Å²) in [6, 6.07) is 12.2. The van der Waals surface area contributed by atoms with Crippen molar-refractivity contribution in [2.24, 2.45) is 0 Å². The highest BCUT2D eigenvalue weighted by Crippen LogP contribution is 2.29. The van der Waals surface area contributed by atoms with Gasteiger partial charge in [0.1, 0.15) is 18.5 Å². The van der Waals surface area contributed by atoms with E-state index in [2.05, 4.69) is 31.2 Å². The molecule has 0 bridgehead atoms. The van der Waals surface area contributed by atoms with E-state index >= 15 is 0 Å². The Kier molecular flexibility index (Phi) is 7.10. The normalized spacial score (nSPS) is 18.5. The topological polar surface area (TPSA) is 66.8 Å². The van der Waals surface area contributed by atoms with Crippen LogP contribution in [0.5, 0.6) is 5.75 Å². The lowest BCUT2D eigenvalue weighted by Gasteiger charge is -2.28. The fraction of sp³-hybridized carbons (Fsp3) is 0.455. The maximum Gasteiger partial charge on any atom is 0.152 e. The second-order valence-electron chi connectivity index (χ2n) is 7.31. The van der Waals surface area contributed by atoms with E-state index in [1.54, 1.807) is 0 Å². The highest BCUT2D eigenvalue weighted by atomic mass is 32.2. The van der Waals surface area contributed by atoms with Crippen molar-refractivity contribution in [3.05, 3.63) is 48.0 Å². The van der Waals surface area contributed by atoms with Crippen LogP contribution in [0.1, 0.15) is 25.3 Å². The van der Waals surface area contributed by atoms with Crippen molar-refractivity contribution >= 4 is 26.7 Å². The van der Waals surface area contributed by atoms with Crippen LogP contribution in [0.15, 0.2) is 42.5 Å². The lowest BCUT2D eigenvalue weighted by molar-refractivity contribution is 0.0710. The van der Waals surface area contributed by atoms with Crippen LogP contribution in [0, 0.1) is 0 Å². The average Bonchev–Trinajstić information content (AvgIpc) is 2.69. The van der Waals surface area contributed by atoms with Crippen molar-refractivity contribution in [2.45, 2.75) is 25.9 Å². The number of rotatable bonds is 8. The predicted molar refractivity (Wildman–Crippen MR) is 114 cm³/mol. The monoisotopic (exact) mass is 403 g/mol. The number of aliphatic hydroxyl groups excluding tert-OH is 1.